The summed E-state index contributed by atoms with van der Waals surface area (Å²) in [6.45, 7) is 1.03. The van der Waals surface area contributed by atoms with Gasteiger partial charge in [0.25, 0.3) is 5.91 Å². The van der Waals surface area contributed by atoms with Crippen LogP contribution in [0.1, 0.15) is 23.2 Å². The van der Waals surface area contributed by atoms with Crippen molar-refractivity contribution in [1.82, 2.24) is 4.90 Å². The molecule has 1 spiro atoms. The fourth-order valence-electron chi connectivity index (χ4n) is 4.21. The molecular weight excluding hydrogens is 374 g/mol. The second-order valence-electron chi connectivity index (χ2n) is 7.62. The summed E-state index contributed by atoms with van der Waals surface area (Å²) >= 11 is 0. The van der Waals surface area contributed by atoms with Gasteiger partial charge in [0.2, 0.25) is 6.10 Å². The normalized spacial score (nSPS) is 24.8. The number of methoxy groups -OCH3 is 1. The summed E-state index contributed by atoms with van der Waals surface area (Å²) in [5.41, 5.74) is -0.165. The minimum atomic E-state index is -0.698. The molecule has 2 aromatic carbocycles. The summed E-state index contributed by atoms with van der Waals surface area (Å²) in [6, 6.07) is 12.5. The van der Waals surface area contributed by atoms with Gasteiger partial charge in [-0.25, -0.2) is 0 Å². The summed E-state index contributed by atoms with van der Waals surface area (Å²) in [4.78, 5) is 27.5. The summed E-state index contributed by atoms with van der Waals surface area (Å²) in [5, 5.41) is 0. The highest BCUT2D eigenvalue weighted by Crippen LogP contribution is 2.40. The number of amides is 1. The van der Waals surface area contributed by atoms with E-state index in [-0.39, 0.29) is 24.7 Å². The van der Waals surface area contributed by atoms with Gasteiger partial charge in [-0.05, 0) is 30.3 Å². The minimum Gasteiger partial charge on any atom is -0.497 e. The molecule has 7 heteroatoms. The number of Topliss-reactive ketones (excluding diaryl/α,β-unsaturated/α-hetero) is 1. The summed E-state index contributed by atoms with van der Waals surface area (Å²) in [5.74, 6) is 2.23. The highest BCUT2D eigenvalue weighted by Gasteiger charge is 2.48. The number of rotatable bonds is 2. The molecule has 0 aliphatic carbocycles. The average molecular weight is 395 g/mol. The zero-order valence-electron chi connectivity index (χ0n) is 16.1. The Hall–Kier alpha value is -3.22. The maximum absolute atomic E-state index is 13.0. The fraction of sp³-hybridized carbons (Fsp3) is 0.364. The molecular formula is C22H21NO6. The standard InChI is InChI=1S/C22H21NO6/c1-26-14-6-7-17-15(10-14)16(24)11-22(29-17)8-9-23(13-22)21(25)20-12-27-18-4-2-3-5-19(18)28-20/h2-7,10,20H,8-9,11-13H2,1H3. The van der Waals surface area contributed by atoms with Gasteiger partial charge in [0.15, 0.2) is 17.3 Å². The molecule has 3 aliphatic rings. The molecule has 1 saturated heterocycles. The van der Waals surface area contributed by atoms with Gasteiger partial charge in [-0.2, -0.15) is 0 Å². The third-order valence-electron chi connectivity index (χ3n) is 5.71. The molecule has 150 valence electrons. The molecule has 0 aromatic heterocycles. The van der Waals surface area contributed by atoms with Crippen LogP contribution in [0, 0.1) is 0 Å². The zero-order valence-corrected chi connectivity index (χ0v) is 16.1. The van der Waals surface area contributed by atoms with Gasteiger partial charge in [-0.3, -0.25) is 9.59 Å². The Kier molecular flexibility index (Phi) is 4.12. The lowest BCUT2D eigenvalue weighted by Crippen LogP contribution is -2.49. The number of para-hydroxylation sites is 2. The first-order chi connectivity index (χ1) is 14.1. The summed E-state index contributed by atoms with van der Waals surface area (Å²) in [7, 11) is 1.56. The molecule has 29 heavy (non-hydrogen) atoms. The van der Waals surface area contributed by atoms with Crippen molar-refractivity contribution in [2.24, 2.45) is 0 Å². The van der Waals surface area contributed by atoms with Gasteiger partial charge < -0.3 is 23.8 Å². The first-order valence-corrected chi connectivity index (χ1v) is 9.64. The second-order valence-corrected chi connectivity index (χ2v) is 7.62. The first kappa shape index (κ1) is 17.8. The van der Waals surface area contributed by atoms with Gasteiger partial charge in [0, 0.05) is 13.0 Å². The molecule has 1 fully saturated rings. The number of benzene rings is 2. The van der Waals surface area contributed by atoms with Crippen molar-refractivity contribution in [1.29, 1.82) is 0 Å². The maximum atomic E-state index is 13.0. The van der Waals surface area contributed by atoms with E-state index in [1.54, 1.807) is 36.3 Å². The van der Waals surface area contributed by atoms with Crippen LogP contribution in [-0.4, -0.2) is 55.1 Å². The third kappa shape index (κ3) is 3.06. The van der Waals surface area contributed by atoms with E-state index in [2.05, 4.69) is 0 Å². The summed E-state index contributed by atoms with van der Waals surface area (Å²) in [6.07, 6.45) is 0.137. The number of carbonyl (C=O) groups excluding carboxylic acids is 2. The van der Waals surface area contributed by atoms with E-state index in [0.29, 0.717) is 48.1 Å². The van der Waals surface area contributed by atoms with Gasteiger partial charge in [-0.15, -0.1) is 0 Å². The predicted octanol–water partition coefficient (Wildman–Crippen LogP) is 2.47. The van der Waals surface area contributed by atoms with Crippen molar-refractivity contribution in [2.75, 3.05) is 26.8 Å². The van der Waals surface area contributed by atoms with Crippen molar-refractivity contribution in [2.45, 2.75) is 24.5 Å². The van der Waals surface area contributed by atoms with Crippen LogP contribution >= 0.6 is 0 Å². The zero-order chi connectivity index (χ0) is 20.0. The van der Waals surface area contributed by atoms with E-state index in [9.17, 15) is 9.59 Å². The number of hydrogen-bond acceptors (Lipinski definition) is 6. The molecule has 5 rings (SSSR count). The van der Waals surface area contributed by atoms with Crippen molar-refractivity contribution in [3.63, 3.8) is 0 Å². The molecule has 3 heterocycles. The van der Waals surface area contributed by atoms with E-state index in [1.807, 2.05) is 18.2 Å². The van der Waals surface area contributed by atoms with E-state index in [1.165, 1.54) is 0 Å². The fourth-order valence-corrected chi connectivity index (χ4v) is 4.21. The van der Waals surface area contributed by atoms with Crippen LogP contribution in [-0.2, 0) is 4.79 Å². The smallest absolute Gasteiger partial charge is 0.267 e. The van der Waals surface area contributed by atoms with Crippen LogP contribution in [0.2, 0.25) is 0 Å². The van der Waals surface area contributed by atoms with Crippen LogP contribution < -0.4 is 18.9 Å². The maximum Gasteiger partial charge on any atom is 0.267 e. The number of ether oxygens (including phenoxy) is 4. The Morgan fingerprint density at radius 3 is 2.83 bits per heavy atom. The Morgan fingerprint density at radius 2 is 2.00 bits per heavy atom. The Balaban J connectivity index is 1.31. The van der Waals surface area contributed by atoms with E-state index >= 15 is 0 Å². The van der Waals surface area contributed by atoms with E-state index in [0.717, 1.165) is 0 Å². The topological polar surface area (TPSA) is 74.3 Å². The Labute approximate surface area is 168 Å². The minimum absolute atomic E-state index is 0.00521. The number of likely N-dealkylation sites (tertiary alicyclic amines) is 1. The quantitative estimate of drug-likeness (QED) is 0.778. The molecule has 1 amide bonds. The van der Waals surface area contributed by atoms with Crippen LogP contribution in [0.4, 0.5) is 0 Å². The van der Waals surface area contributed by atoms with Crippen molar-refractivity contribution in [3.05, 3.63) is 48.0 Å². The molecule has 2 atom stereocenters. The number of hydrogen-bond donors (Lipinski definition) is 0. The first-order valence-electron chi connectivity index (χ1n) is 9.64. The second kappa shape index (κ2) is 6.69. The number of carbonyl (C=O) groups is 2. The number of ketones is 1. The monoisotopic (exact) mass is 395 g/mol. The largest absolute Gasteiger partial charge is 0.497 e. The van der Waals surface area contributed by atoms with Crippen LogP contribution in [0.5, 0.6) is 23.0 Å². The van der Waals surface area contributed by atoms with Crippen molar-refractivity contribution >= 4 is 11.7 Å². The number of fused-ring (bicyclic) bond motifs is 2. The molecule has 2 aromatic rings. The average Bonchev–Trinajstić information content (AvgIpc) is 3.15. The molecule has 3 aliphatic heterocycles. The molecule has 0 saturated carbocycles. The van der Waals surface area contributed by atoms with Crippen LogP contribution in [0.15, 0.2) is 42.5 Å². The van der Waals surface area contributed by atoms with Gasteiger partial charge in [0.05, 0.1) is 25.6 Å². The highest BCUT2D eigenvalue weighted by molar-refractivity contribution is 6.01. The van der Waals surface area contributed by atoms with E-state index in [4.69, 9.17) is 18.9 Å². The van der Waals surface area contributed by atoms with Crippen LogP contribution in [0.25, 0.3) is 0 Å². The molecule has 0 radical (unpaired) electrons. The SMILES string of the molecule is COc1ccc2c(c1)C(=O)CC1(CCN(C(=O)C3COc4ccccc4O3)C1)O2. The molecule has 2 unspecified atom stereocenters. The van der Waals surface area contributed by atoms with Crippen molar-refractivity contribution in [3.8, 4) is 23.0 Å². The lowest BCUT2D eigenvalue weighted by Gasteiger charge is -2.35. The van der Waals surface area contributed by atoms with Gasteiger partial charge in [0.1, 0.15) is 23.7 Å². The Morgan fingerprint density at radius 1 is 1.17 bits per heavy atom. The predicted molar refractivity (Wildman–Crippen MR) is 103 cm³/mol. The van der Waals surface area contributed by atoms with E-state index < -0.39 is 11.7 Å². The van der Waals surface area contributed by atoms with Gasteiger partial charge in [-0.1, -0.05) is 12.1 Å². The summed E-state index contributed by atoms with van der Waals surface area (Å²) < 4.78 is 22.9. The third-order valence-corrected chi connectivity index (χ3v) is 5.71. The molecule has 0 bridgehead atoms. The molecule has 0 N–H and O–H groups in total. The lowest BCUT2D eigenvalue weighted by atomic mass is 9.89. The van der Waals surface area contributed by atoms with Crippen molar-refractivity contribution < 1.29 is 28.5 Å². The number of nitrogens with zero attached hydrogens (tertiary/aromatic N) is 1. The highest BCUT2D eigenvalue weighted by atomic mass is 16.6. The molecule has 7 nitrogen and oxygen atoms in total. The van der Waals surface area contributed by atoms with Crippen LogP contribution in [0.3, 0.4) is 0 Å². The Bertz CT molecular complexity index is 989. The lowest BCUT2D eigenvalue weighted by molar-refractivity contribution is -0.140. The van der Waals surface area contributed by atoms with Gasteiger partial charge >= 0.3 is 0 Å².